The molecule has 0 aliphatic rings. The summed E-state index contributed by atoms with van der Waals surface area (Å²) in [4.78, 5) is 0.182. The number of hydrogen-bond donors (Lipinski definition) is 2. The monoisotopic (exact) mass is 414 g/mol. The van der Waals surface area contributed by atoms with Crippen molar-refractivity contribution in [3.63, 3.8) is 0 Å². The van der Waals surface area contributed by atoms with E-state index >= 15 is 0 Å². The van der Waals surface area contributed by atoms with Gasteiger partial charge in [-0.25, -0.2) is 13.6 Å². The average Bonchev–Trinajstić information content (AvgIpc) is 2.59. The molecule has 0 amide bonds. The van der Waals surface area contributed by atoms with Crippen LogP contribution >= 0.6 is 12.4 Å². The van der Waals surface area contributed by atoms with E-state index in [0.717, 1.165) is 5.56 Å². The highest BCUT2D eigenvalue weighted by atomic mass is 35.5. The summed E-state index contributed by atoms with van der Waals surface area (Å²) in [5.41, 5.74) is 1.58. The molecule has 0 aliphatic heterocycles. The Hall–Kier alpha value is -1.80. The third kappa shape index (κ3) is 7.03. The Balaban J connectivity index is 0.00000364. The number of para-hydroxylation sites is 2. The van der Waals surface area contributed by atoms with Crippen molar-refractivity contribution in [3.05, 3.63) is 53.6 Å². The number of nitrogens with one attached hydrogen (secondary N) is 1. The number of benzene rings is 2. The topological polar surface area (TPSA) is 90.7 Å². The predicted octanol–water partition coefficient (Wildman–Crippen LogP) is 2.67. The summed E-state index contributed by atoms with van der Waals surface area (Å²) < 4.78 is 34.2. The van der Waals surface area contributed by atoms with Crippen LogP contribution in [0.2, 0.25) is 0 Å². The number of sulfonamides is 1. The lowest BCUT2D eigenvalue weighted by Crippen LogP contribution is -2.32. The van der Waals surface area contributed by atoms with Gasteiger partial charge in [-0.1, -0.05) is 24.3 Å². The lowest BCUT2D eigenvalue weighted by molar-refractivity contribution is 0.287. The van der Waals surface area contributed by atoms with Gasteiger partial charge in [0.15, 0.2) is 11.5 Å². The van der Waals surface area contributed by atoms with E-state index in [9.17, 15) is 8.42 Å². The molecule has 0 saturated heterocycles. The number of primary sulfonamides is 1. The second-order valence-electron chi connectivity index (χ2n) is 6.20. The van der Waals surface area contributed by atoms with Crippen molar-refractivity contribution in [3.8, 4) is 11.5 Å². The summed E-state index contributed by atoms with van der Waals surface area (Å²) in [6, 6.07) is 13.0. The van der Waals surface area contributed by atoms with Crippen molar-refractivity contribution in [2.45, 2.75) is 31.2 Å². The van der Waals surface area contributed by atoms with E-state index in [1.165, 1.54) is 0 Å². The maximum Gasteiger partial charge on any atom is 0.238 e. The second kappa shape index (κ2) is 10.5. The van der Waals surface area contributed by atoms with Crippen LogP contribution in [-0.2, 0) is 16.4 Å². The van der Waals surface area contributed by atoms with Gasteiger partial charge in [0.1, 0.15) is 6.61 Å². The van der Waals surface area contributed by atoms with Gasteiger partial charge in [-0.05, 0) is 49.6 Å². The minimum absolute atomic E-state index is 0. The number of rotatable bonds is 9. The smallest absolute Gasteiger partial charge is 0.238 e. The van der Waals surface area contributed by atoms with Crippen LogP contribution in [-0.4, -0.2) is 34.7 Å². The van der Waals surface area contributed by atoms with Gasteiger partial charge in [0.25, 0.3) is 0 Å². The minimum Gasteiger partial charge on any atom is -0.493 e. The zero-order valence-corrected chi connectivity index (χ0v) is 17.4. The quantitative estimate of drug-likeness (QED) is 0.615. The molecule has 0 heterocycles. The molecule has 0 aliphatic carbocycles. The molecule has 150 valence electrons. The zero-order chi connectivity index (χ0) is 19.2. The highest BCUT2D eigenvalue weighted by molar-refractivity contribution is 7.89. The molecule has 2 rings (SSSR count). The van der Waals surface area contributed by atoms with Gasteiger partial charge in [-0.2, -0.15) is 0 Å². The number of hydrogen-bond acceptors (Lipinski definition) is 5. The van der Waals surface area contributed by atoms with Gasteiger partial charge in [0.05, 0.1) is 12.0 Å². The fraction of sp³-hybridized carbons (Fsp3) is 0.368. The first-order valence-corrected chi connectivity index (χ1v) is 9.97. The fourth-order valence-electron chi connectivity index (χ4n) is 2.71. The number of methoxy groups -OCH3 is 1. The van der Waals surface area contributed by atoms with Crippen LogP contribution in [0.15, 0.2) is 47.4 Å². The van der Waals surface area contributed by atoms with Gasteiger partial charge in [-0.3, -0.25) is 0 Å². The Labute approximate surface area is 167 Å². The van der Waals surface area contributed by atoms with Crippen molar-refractivity contribution in [2.75, 3.05) is 20.3 Å². The lowest BCUT2D eigenvalue weighted by atomic mass is 10.1. The van der Waals surface area contributed by atoms with E-state index < -0.39 is 10.0 Å². The summed E-state index contributed by atoms with van der Waals surface area (Å²) in [6.07, 6.45) is 0.692. The van der Waals surface area contributed by atoms with E-state index in [1.54, 1.807) is 26.2 Å². The molecule has 0 spiro atoms. The van der Waals surface area contributed by atoms with Crippen molar-refractivity contribution in [2.24, 2.45) is 5.14 Å². The average molecular weight is 415 g/mol. The lowest BCUT2D eigenvalue weighted by Gasteiger charge is -2.16. The van der Waals surface area contributed by atoms with Gasteiger partial charge in [0.2, 0.25) is 10.0 Å². The number of halogens is 1. The Kier molecular flexibility index (Phi) is 9.05. The first-order chi connectivity index (χ1) is 12.3. The van der Waals surface area contributed by atoms with E-state index in [1.807, 2.05) is 37.3 Å². The van der Waals surface area contributed by atoms with Gasteiger partial charge >= 0.3 is 0 Å². The molecule has 2 aromatic carbocycles. The normalized spacial score (nSPS) is 12.1. The van der Waals surface area contributed by atoms with E-state index in [-0.39, 0.29) is 23.3 Å². The van der Waals surface area contributed by atoms with Crippen LogP contribution in [0.5, 0.6) is 11.5 Å². The Morgan fingerprint density at radius 2 is 1.81 bits per heavy atom. The summed E-state index contributed by atoms with van der Waals surface area (Å²) in [5, 5.41) is 8.63. The zero-order valence-electron chi connectivity index (χ0n) is 15.8. The van der Waals surface area contributed by atoms with Crippen LogP contribution in [0.25, 0.3) is 0 Å². The highest BCUT2D eigenvalue weighted by Crippen LogP contribution is 2.25. The third-order valence-electron chi connectivity index (χ3n) is 4.02. The largest absolute Gasteiger partial charge is 0.493 e. The van der Waals surface area contributed by atoms with Gasteiger partial charge < -0.3 is 14.8 Å². The molecule has 6 nitrogen and oxygen atoms in total. The Morgan fingerprint density at radius 3 is 2.44 bits per heavy atom. The second-order valence-corrected chi connectivity index (χ2v) is 7.73. The van der Waals surface area contributed by atoms with E-state index in [2.05, 4.69) is 5.32 Å². The van der Waals surface area contributed by atoms with Crippen molar-refractivity contribution >= 4 is 22.4 Å². The van der Waals surface area contributed by atoms with Crippen LogP contribution in [0.3, 0.4) is 0 Å². The Bertz CT molecular complexity index is 843. The van der Waals surface area contributed by atoms with E-state index in [4.69, 9.17) is 14.6 Å². The fourth-order valence-corrected chi connectivity index (χ4v) is 3.54. The van der Waals surface area contributed by atoms with Gasteiger partial charge in [-0.15, -0.1) is 12.4 Å². The third-order valence-corrected chi connectivity index (χ3v) is 5.08. The molecule has 0 radical (unpaired) electrons. The van der Waals surface area contributed by atoms with Crippen LogP contribution < -0.4 is 19.9 Å². The molecule has 0 aromatic heterocycles. The first kappa shape index (κ1) is 23.2. The molecular weight excluding hydrogens is 388 g/mol. The summed E-state index contributed by atoms with van der Waals surface area (Å²) in [5.74, 6) is 1.41. The number of ether oxygens (including phenoxy) is 2. The maximum absolute atomic E-state index is 11.6. The molecule has 3 N–H and O–H groups in total. The molecular formula is C19H27ClN2O4S. The highest BCUT2D eigenvalue weighted by Gasteiger charge is 2.13. The van der Waals surface area contributed by atoms with Gasteiger partial charge in [0, 0.05) is 12.6 Å². The molecule has 27 heavy (non-hydrogen) atoms. The van der Waals surface area contributed by atoms with Crippen LogP contribution in [0, 0.1) is 6.92 Å². The van der Waals surface area contributed by atoms with E-state index in [0.29, 0.717) is 36.6 Å². The number of nitrogens with two attached hydrogens (primary N) is 1. The molecule has 1 atom stereocenters. The standard InChI is InChI=1S/C19H26N2O4S.ClH/c1-14-8-9-16(13-19(14)26(20,22)23)12-15(2)21-10-11-25-18-7-5-4-6-17(18)24-3;/h4-9,13,15,21H,10-12H2,1-3H3,(H2,20,22,23);1H. The SMILES string of the molecule is COc1ccccc1OCCNC(C)Cc1ccc(C)c(S(N)(=O)=O)c1.Cl. The minimum atomic E-state index is -3.70. The Morgan fingerprint density at radius 1 is 1.15 bits per heavy atom. The molecule has 0 saturated carbocycles. The van der Waals surface area contributed by atoms with Crippen molar-refractivity contribution in [1.82, 2.24) is 5.32 Å². The summed E-state index contributed by atoms with van der Waals surface area (Å²) in [6.45, 7) is 4.94. The summed E-state index contributed by atoms with van der Waals surface area (Å²) in [7, 11) is -2.09. The molecule has 0 bridgehead atoms. The molecule has 0 fully saturated rings. The summed E-state index contributed by atoms with van der Waals surface area (Å²) >= 11 is 0. The number of aryl methyl sites for hydroxylation is 1. The van der Waals surface area contributed by atoms with Crippen LogP contribution in [0.1, 0.15) is 18.1 Å². The maximum atomic E-state index is 11.6. The van der Waals surface area contributed by atoms with Crippen molar-refractivity contribution in [1.29, 1.82) is 0 Å². The molecule has 2 aromatic rings. The first-order valence-electron chi connectivity index (χ1n) is 8.43. The van der Waals surface area contributed by atoms with Crippen LogP contribution in [0.4, 0.5) is 0 Å². The molecule has 8 heteroatoms. The predicted molar refractivity (Wildman–Crippen MR) is 109 cm³/mol. The van der Waals surface area contributed by atoms with Crippen molar-refractivity contribution < 1.29 is 17.9 Å². The molecule has 1 unspecified atom stereocenters.